The molecule has 4 aromatic rings. The topological polar surface area (TPSA) is 102 Å². The molecule has 1 fully saturated rings. The van der Waals surface area contributed by atoms with Crippen LogP contribution in [0.4, 0.5) is 5.13 Å². The lowest BCUT2D eigenvalue weighted by molar-refractivity contribution is -0.132. The second-order valence-corrected chi connectivity index (χ2v) is 12.6. The molecule has 0 bridgehead atoms. The van der Waals surface area contributed by atoms with Gasteiger partial charge in [0.25, 0.3) is 5.78 Å². The van der Waals surface area contributed by atoms with Gasteiger partial charge in [-0.3, -0.25) is 14.5 Å². The van der Waals surface area contributed by atoms with Crippen molar-refractivity contribution in [1.29, 1.82) is 0 Å². The number of rotatable bonds is 13. The van der Waals surface area contributed by atoms with Crippen LogP contribution >= 0.6 is 34.7 Å². The number of ketones is 1. The van der Waals surface area contributed by atoms with Crippen molar-refractivity contribution in [2.45, 2.75) is 49.2 Å². The van der Waals surface area contributed by atoms with Gasteiger partial charge in [-0.25, -0.2) is 0 Å². The van der Waals surface area contributed by atoms with Crippen molar-refractivity contribution in [3.05, 3.63) is 100 Å². The maximum absolute atomic E-state index is 13.6. The Morgan fingerprint density at radius 3 is 2.52 bits per heavy atom. The zero-order valence-corrected chi connectivity index (χ0v) is 26.8. The van der Waals surface area contributed by atoms with Gasteiger partial charge in [-0.15, -0.1) is 10.2 Å². The van der Waals surface area contributed by atoms with Crippen molar-refractivity contribution in [3.63, 3.8) is 0 Å². The molecule has 1 N–H and O–H groups in total. The molecule has 1 amide bonds. The van der Waals surface area contributed by atoms with E-state index in [0.717, 1.165) is 24.8 Å². The van der Waals surface area contributed by atoms with Crippen LogP contribution in [0.3, 0.4) is 0 Å². The van der Waals surface area contributed by atoms with E-state index in [1.165, 1.54) is 28.0 Å². The van der Waals surface area contributed by atoms with Crippen LogP contribution in [0.5, 0.6) is 11.5 Å². The number of hydrogen-bond donors (Lipinski definition) is 1. The minimum atomic E-state index is -0.949. The number of nitrogens with zero attached hydrogens (tertiary/aromatic N) is 3. The standard InChI is InChI=1S/C33H32ClN3O5S2/c1-3-5-8-18-42-25-12-9-11-22(19-25)28-27(29(38)21-14-16-24(17-15-21)41-4-2)30(39)31(40)37(28)32-35-36-33(44-32)43-20-23-10-6-7-13-26(23)34/h6-7,9-17,19,28,38H,3-5,8,18,20H2,1-2H3. The van der Waals surface area contributed by atoms with Crippen molar-refractivity contribution in [1.82, 2.24) is 10.2 Å². The summed E-state index contributed by atoms with van der Waals surface area (Å²) in [7, 11) is 0. The minimum absolute atomic E-state index is 0.0391. The Morgan fingerprint density at radius 2 is 1.77 bits per heavy atom. The number of aliphatic hydroxyl groups excluding tert-OH is 1. The quantitative estimate of drug-likeness (QED) is 0.0387. The molecule has 5 rings (SSSR count). The number of aromatic nitrogens is 2. The highest BCUT2D eigenvalue weighted by Gasteiger charge is 2.48. The Bertz CT molecular complexity index is 1660. The summed E-state index contributed by atoms with van der Waals surface area (Å²) in [6.07, 6.45) is 3.04. The fraction of sp³-hybridized carbons (Fsp3) is 0.273. The predicted molar refractivity (Wildman–Crippen MR) is 175 cm³/mol. The van der Waals surface area contributed by atoms with E-state index in [1.807, 2.05) is 49.4 Å². The molecule has 1 aliphatic rings. The summed E-state index contributed by atoms with van der Waals surface area (Å²) < 4.78 is 12.1. The normalized spacial score (nSPS) is 16.0. The van der Waals surface area contributed by atoms with Gasteiger partial charge in [0.05, 0.1) is 24.8 Å². The Hall–Kier alpha value is -3.86. The van der Waals surface area contributed by atoms with Crippen LogP contribution in [-0.4, -0.2) is 40.2 Å². The number of carbonyl (C=O) groups is 2. The lowest BCUT2D eigenvalue weighted by Crippen LogP contribution is -2.29. The molecule has 1 saturated heterocycles. The lowest BCUT2D eigenvalue weighted by atomic mass is 9.95. The molecule has 0 spiro atoms. The Morgan fingerprint density at radius 1 is 0.977 bits per heavy atom. The number of thioether (sulfide) groups is 1. The SMILES string of the molecule is CCCCCOc1cccc(C2C(=C(O)c3ccc(OCC)cc3)C(=O)C(=O)N2c2nnc(SCc3ccccc3Cl)s2)c1. The predicted octanol–water partition coefficient (Wildman–Crippen LogP) is 8.08. The van der Waals surface area contributed by atoms with E-state index in [9.17, 15) is 14.7 Å². The van der Waals surface area contributed by atoms with Crippen molar-refractivity contribution in [2.24, 2.45) is 0 Å². The first kappa shape index (κ1) is 31.6. The van der Waals surface area contributed by atoms with E-state index < -0.39 is 17.7 Å². The lowest BCUT2D eigenvalue weighted by Gasteiger charge is -2.23. The fourth-order valence-electron chi connectivity index (χ4n) is 4.81. The summed E-state index contributed by atoms with van der Waals surface area (Å²) >= 11 is 8.95. The molecule has 2 heterocycles. The van der Waals surface area contributed by atoms with E-state index >= 15 is 0 Å². The minimum Gasteiger partial charge on any atom is -0.507 e. The Labute approximate surface area is 269 Å². The number of amides is 1. The summed E-state index contributed by atoms with van der Waals surface area (Å²) in [6, 6.07) is 20.6. The first-order valence-electron chi connectivity index (χ1n) is 14.4. The smallest absolute Gasteiger partial charge is 0.301 e. The van der Waals surface area contributed by atoms with Crippen LogP contribution in [0.25, 0.3) is 5.76 Å². The molecule has 1 atom stereocenters. The van der Waals surface area contributed by atoms with Crippen molar-refractivity contribution in [2.75, 3.05) is 18.1 Å². The summed E-state index contributed by atoms with van der Waals surface area (Å²) in [5.41, 5.74) is 1.90. The van der Waals surface area contributed by atoms with Gasteiger partial charge in [-0.05, 0) is 66.9 Å². The van der Waals surface area contributed by atoms with Gasteiger partial charge in [-0.2, -0.15) is 0 Å². The molecule has 44 heavy (non-hydrogen) atoms. The molecule has 228 valence electrons. The molecule has 0 radical (unpaired) electrons. The van der Waals surface area contributed by atoms with E-state index in [2.05, 4.69) is 17.1 Å². The van der Waals surface area contributed by atoms with Crippen LogP contribution in [0.15, 0.2) is 82.7 Å². The summed E-state index contributed by atoms with van der Waals surface area (Å²) in [6.45, 7) is 5.05. The molecule has 0 saturated carbocycles. The van der Waals surface area contributed by atoms with Gasteiger partial charge in [0.1, 0.15) is 17.3 Å². The number of aliphatic hydroxyl groups is 1. The van der Waals surface area contributed by atoms with Crippen LogP contribution in [0, 0.1) is 0 Å². The van der Waals surface area contributed by atoms with Gasteiger partial charge in [0, 0.05) is 16.3 Å². The number of anilines is 1. The molecule has 0 aliphatic carbocycles. The summed E-state index contributed by atoms with van der Waals surface area (Å²) in [5, 5.41) is 21.0. The summed E-state index contributed by atoms with van der Waals surface area (Å²) in [5.74, 6) is -0.0908. The zero-order valence-electron chi connectivity index (χ0n) is 24.4. The maximum Gasteiger partial charge on any atom is 0.301 e. The number of ether oxygens (including phenoxy) is 2. The Balaban J connectivity index is 1.52. The van der Waals surface area contributed by atoms with E-state index in [1.54, 1.807) is 30.3 Å². The van der Waals surface area contributed by atoms with Crippen molar-refractivity contribution >= 4 is 57.3 Å². The average molecular weight is 650 g/mol. The number of benzene rings is 3. The number of carbonyl (C=O) groups excluding carboxylic acids is 2. The zero-order chi connectivity index (χ0) is 31.1. The number of hydrogen-bond acceptors (Lipinski definition) is 9. The molecule has 8 nitrogen and oxygen atoms in total. The van der Waals surface area contributed by atoms with Gasteiger partial charge >= 0.3 is 5.91 Å². The number of halogens is 1. The van der Waals surface area contributed by atoms with Crippen molar-refractivity contribution in [3.8, 4) is 11.5 Å². The largest absolute Gasteiger partial charge is 0.507 e. The van der Waals surface area contributed by atoms with Crippen LogP contribution in [0.2, 0.25) is 5.02 Å². The van der Waals surface area contributed by atoms with Crippen LogP contribution in [0.1, 0.15) is 55.8 Å². The van der Waals surface area contributed by atoms with Crippen molar-refractivity contribution < 1.29 is 24.2 Å². The Kier molecular flexibility index (Phi) is 10.6. The third-order valence-corrected chi connectivity index (χ3v) is 9.46. The van der Waals surface area contributed by atoms with Gasteiger partial charge in [0.2, 0.25) is 5.13 Å². The average Bonchev–Trinajstić information content (AvgIpc) is 3.61. The third-order valence-electron chi connectivity index (χ3n) is 6.98. The van der Waals surface area contributed by atoms with Crippen LogP contribution < -0.4 is 14.4 Å². The highest BCUT2D eigenvalue weighted by atomic mass is 35.5. The second kappa shape index (κ2) is 14.7. The first-order valence-corrected chi connectivity index (χ1v) is 16.6. The third kappa shape index (κ3) is 7.09. The van der Waals surface area contributed by atoms with Gasteiger partial charge < -0.3 is 14.6 Å². The summed E-state index contributed by atoms with van der Waals surface area (Å²) in [4.78, 5) is 28.6. The molecule has 11 heteroatoms. The molecule has 1 aromatic heterocycles. The van der Waals surface area contributed by atoms with E-state index in [0.29, 0.717) is 51.0 Å². The van der Waals surface area contributed by atoms with Gasteiger partial charge in [-0.1, -0.05) is 84.8 Å². The molecule has 1 unspecified atom stereocenters. The van der Waals surface area contributed by atoms with E-state index in [4.69, 9.17) is 21.1 Å². The molecule has 3 aromatic carbocycles. The fourth-order valence-corrected chi connectivity index (χ4v) is 6.96. The van der Waals surface area contributed by atoms with Crippen LogP contribution in [-0.2, 0) is 15.3 Å². The molecule has 1 aliphatic heterocycles. The monoisotopic (exact) mass is 649 g/mol. The maximum atomic E-state index is 13.6. The molecular formula is C33H32ClN3O5S2. The highest BCUT2D eigenvalue weighted by molar-refractivity contribution is 8.00. The second-order valence-electron chi connectivity index (χ2n) is 9.99. The number of unbranched alkanes of at least 4 members (excludes halogenated alkanes) is 2. The van der Waals surface area contributed by atoms with E-state index in [-0.39, 0.29) is 16.5 Å². The highest BCUT2D eigenvalue weighted by Crippen LogP contribution is 2.44. The number of Topliss-reactive ketones (excluding diaryl/α,β-unsaturated/α-hetero) is 1. The first-order chi connectivity index (χ1) is 21.4. The van der Waals surface area contributed by atoms with Gasteiger partial charge in [0.15, 0.2) is 4.34 Å². The molecular weight excluding hydrogens is 618 g/mol.